The summed E-state index contributed by atoms with van der Waals surface area (Å²) in [6.45, 7) is 0.638. The van der Waals surface area contributed by atoms with Crippen molar-refractivity contribution >= 4 is 11.6 Å². The minimum atomic E-state index is 0.193. The van der Waals surface area contributed by atoms with E-state index in [-0.39, 0.29) is 6.04 Å². The van der Waals surface area contributed by atoms with Gasteiger partial charge in [-0.15, -0.1) is 0 Å². The zero-order chi connectivity index (χ0) is 13.1. The molecule has 3 nitrogen and oxygen atoms in total. The number of hydrogen-bond acceptors (Lipinski definition) is 3. The van der Waals surface area contributed by atoms with E-state index in [4.69, 9.17) is 10.5 Å². The fourth-order valence-corrected chi connectivity index (χ4v) is 2.24. The number of nitrogens with two attached hydrogens (primary N) is 1. The van der Waals surface area contributed by atoms with Gasteiger partial charge in [-0.1, -0.05) is 36.4 Å². The van der Waals surface area contributed by atoms with E-state index in [2.05, 4.69) is 17.1 Å². The molecule has 3 heteroatoms. The summed E-state index contributed by atoms with van der Waals surface area (Å²) in [7, 11) is 0. The molecule has 2 aromatic rings. The average Bonchev–Trinajstić information content (AvgIpc) is 2.88. The molecule has 0 saturated carbocycles. The molecule has 2 N–H and O–H groups in total. The Morgan fingerprint density at radius 3 is 2.74 bits per heavy atom. The Kier molecular flexibility index (Phi) is 3.19. The van der Waals surface area contributed by atoms with Crippen LogP contribution < -0.4 is 5.73 Å². The average molecular weight is 252 g/mol. The molecular formula is C16H16N2O. The number of nitrogens with zero attached hydrogens (tertiary/aromatic N) is 1. The first-order valence-corrected chi connectivity index (χ1v) is 6.42. The van der Waals surface area contributed by atoms with Crippen molar-refractivity contribution in [3.05, 3.63) is 65.7 Å². The van der Waals surface area contributed by atoms with Crippen LogP contribution in [-0.2, 0) is 11.2 Å². The van der Waals surface area contributed by atoms with Gasteiger partial charge in [0.2, 0.25) is 5.90 Å². The van der Waals surface area contributed by atoms with Gasteiger partial charge in [0.25, 0.3) is 0 Å². The lowest BCUT2D eigenvalue weighted by molar-refractivity contribution is 0.317. The Hall–Kier alpha value is -2.29. The van der Waals surface area contributed by atoms with Gasteiger partial charge in [-0.3, -0.25) is 0 Å². The topological polar surface area (TPSA) is 47.6 Å². The standard InChI is InChI=1S/C16H16N2O/c17-14-8-4-7-13(10-14)16-18-15(11-19-16)9-12-5-2-1-3-6-12/h1-8,10,15H,9,11,17H2/t15-/m0/s1. The molecule has 1 atom stereocenters. The van der Waals surface area contributed by atoms with E-state index in [1.165, 1.54) is 5.56 Å². The van der Waals surface area contributed by atoms with Crippen LogP contribution in [-0.4, -0.2) is 18.5 Å². The van der Waals surface area contributed by atoms with Crippen molar-refractivity contribution in [2.45, 2.75) is 12.5 Å². The lowest BCUT2D eigenvalue weighted by Gasteiger charge is -2.04. The molecule has 0 aromatic heterocycles. The maximum absolute atomic E-state index is 5.77. The summed E-state index contributed by atoms with van der Waals surface area (Å²) in [6.07, 6.45) is 0.909. The third-order valence-electron chi connectivity index (χ3n) is 3.16. The van der Waals surface area contributed by atoms with E-state index >= 15 is 0 Å². The molecule has 19 heavy (non-hydrogen) atoms. The second-order valence-corrected chi connectivity index (χ2v) is 4.71. The summed E-state index contributed by atoms with van der Waals surface area (Å²) in [4.78, 5) is 4.63. The van der Waals surface area contributed by atoms with Gasteiger partial charge < -0.3 is 10.5 Å². The van der Waals surface area contributed by atoms with Gasteiger partial charge in [-0.25, -0.2) is 4.99 Å². The number of aliphatic imine (C=N–C) groups is 1. The van der Waals surface area contributed by atoms with Crippen molar-refractivity contribution < 1.29 is 4.74 Å². The van der Waals surface area contributed by atoms with Gasteiger partial charge in [0, 0.05) is 11.3 Å². The van der Waals surface area contributed by atoms with Crippen molar-refractivity contribution in [2.24, 2.45) is 4.99 Å². The fraction of sp³-hybridized carbons (Fsp3) is 0.188. The van der Waals surface area contributed by atoms with Crippen molar-refractivity contribution in [2.75, 3.05) is 12.3 Å². The summed E-state index contributed by atoms with van der Waals surface area (Å²) in [5.41, 5.74) is 8.75. The third-order valence-corrected chi connectivity index (χ3v) is 3.16. The normalized spacial score (nSPS) is 17.9. The smallest absolute Gasteiger partial charge is 0.216 e. The van der Waals surface area contributed by atoms with Gasteiger partial charge >= 0.3 is 0 Å². The number of anilines is 1. The Labute approximate surface area is 112 Å². The minimum Gasteiger partial charge on any atom is -0.475 e. The van der Waals surface area contributed by atoms with Gasteiger partial charge in [-0.05, 0) is 30.2 Å². The van der Waals surface area contributed by atoms with E-state index < -0.39 is 0 Å². The van der Waals surface area contributed by atoms with Crippen LogP contribution in [0.5, 0.6) is 0 Å². The first-order chi connectivity index (χ1) is 9.31. The molecule has 0 bridgehead atoms. The van der Waals surface area contributed by atoms with Gasteiger partial charge in [-0.2, -0.15) is 0 Å². The largest absolute Gasteiger partial charge is 0.475 e. The van der Waals surface area contributed by atoms with Crippen LogP contribution in [0.25, 0.3) is 0 Å². The molecular weight excluding hydrogens is 236 g/mol. The maximum atomic E-state index is 5.77. The van der Waals surface area contributed by atoms with Crippen LogP contribution in [0.1, 0.15) is 11.1 Å². The van der Waals surface area contributed by atoms with Crippen molar-refractivity contribution in [3.8, 4) is 0 Å². The third kappa shape index (κ3) is 2.76. The minimum absolute atomic E-state index is 0.193. The molecule has 0 unspecified atom stereocenters. The summed E-state index contributed by atoms with van der Waals surface area (Å²) in [5.74, 6) is 0.702. The van der Waals surface area contributed by atoms with E-state index in [0.29, 0.717) is 12.5 Å². The summed E-state index contributed by atoms with van der Waals surface area (Å²) >= 11 is 0. The van der Waals surface area contributed by atoms with Crippen LogP contribution in [0, 0.1) is 0 Å². The summed E-state index contributed by atoms with van der Waals surface area (Å²) in [5, 5.41) is 0. The molecule has 1 aliphatic rings. The molecule has 0 saturated heterocycles. The maximum Gasteiger partial charge on any atom is 0.216 e. The second kappa shape index (κ2) is 5.14. The molecule has 1 heterocycles. The molecule has 0 fully saturated rings. The second-order valence-electron chi connectivity index (χ2n) is 4.71. The van der Waals surface area contributed by atoms with Gasteiger partial charge in [0.1, 0.15) is 6.61 Å². The molecule has 0 aliphatic carbocycles. The number of benzene rings is 2. The zero-order valence-corrected chi connectivity index (χ0v) is 10.6. The summed E-state index contributed by atoms with van der Waals surface area (Å²) in [6, 6.07) is 18.2. The highest BCUT2D eigenvalue weighted by atomic mass is 16.5. The lowest BCUT2D eigenvalue weighted by Crippen LogP contribution is -2.09. The zero-order valence-electron chi connectivity index (χ0n) is 10.6. The SMILES string of the molecule is Nc1cccc(C2=N[C@@H](Cc3ccccc3)CO2)c1. The highest BCUT2D eigenvalue weighted by Gasteiger charge is 2.20. The van der Waals surface area contributed by atoms with E-state index in [1.807, 2.05) is 42.5 Å². The Bertz CT molecular complexity index is 593. The molecule has 2 aromatic carbocycles. The van der Waals surface area contributed by atoms with Gasteiger partial charge in [0.15, 0.2) is 0 Å². The number of ether oxygens (including phenoxy) is 1. The molecule has 0 radical (unpaired) electrons. The quantitative estimate of drug-likeness (QED) is 0.854. The fourth-order valence-electron chi connectivity index (χ4n) is 2.24. The first-order valence-electron chi connectivity index (χ1n) is 6.42. The number of hydrogen-bond donors (Lipinski definition) is 1. The molecule has 3 rings (SSSR count). The molecule has 0 spiro atoms. The van der Waals surface area contributed by atoms with E-state index in [0.717, 1.165) is 17.7 Å². The van der Waals surface area contributed by atoms with E-state index in [9.17, 15) is 0 Å². The number of nitrogen functional groups attached to an aromatic ring is 1. The summed E-state index contributed by atoms with van der Waals surface area (Å²) < 4.78 is 5.67. The van der Waals surface area contributed by atoms with Crippen LogP contribution in [0.3, 0.4) is 0 Å². The van der Waals surface area contributed by atoms with Crippen LogP contribution in [0.4, 0.5) is 5.69 Å². The monoisotopic (exact) mass is 252 g/mol. The van der Waals surface area contributed by atoms with E-state index in [1.54, 1.807) is 0 Å². The first kappa shape index (κ1) is 11.8. The van der Waals surface area contributed by atoms with Crippen LogP contribution in [0.2, 0.25) is 0 Å². The highest BCUT2D eigenvalue weighted by molar-refractivity contribution is 5.95. The molecule has 96 valence electrons. The Morgan fingerprint density at radius 1 is 1.11 bits per heavy atom. The van der Waals surface area contributed by atoms with Gasteiger partial charge in [0.05, 0.1) is 6.04 Å². The van der Waals surface area contributed by atoms with Crippen LogP contribution >= 0.6 is 0 Å². The Balaban J connectivity index is 1.74. The Morgan fingerprint density at radius 2 is 1.95 bits per heavy atom. The predicted octanol–water partition coefficient (Wildman–Crippen LogP) is 2.66. The highest BCUT2D eigenvalue weighted by Crippen LogP contribution is 2.17. The van der Waals surface area contributed by atoms with Crippen LogP contribution in [0.15, 0.2) is 59.6 Å². The lowest BCUT2D eigenvalue weighted by atomic mass is 10.1. The molecule has 0 amide bonds. The van der Waals surface area contributed by atoms with Crippen molar-refractivity contribution in [1.29, 1.82) is 0 Å². The van der Waals surface area contributed by atoms with Crippen molar-refractivity contribution in [1.82, 2.24) is 0 Å². The van der Waals surface area contributed by atoms with Crippen molar-refractivity contribution in [3.63, 3.8) is 0 Å². The number of rotatable bonds is 3. The predicted molar refractivity (Wildman–Crippen MR) is 77.3 cm³/mol. The molecule has 1 aliphatic heterocycles.